The van der Waals surface area contributed by atoms with E-state index in [-0.39, 0.29) is 6.03 Å². The number of nitrogens with zero attached hydrogens (tertiary/aromatic N) is 1. The van der Waals surface area contributed by atoms with Crippen LogP contribution in [0.2, 0.25) is 0 Å². The van der Waals surface area contributed by atoms with E-state index in [4.69, 9.17) is 4.74 Å². The summed E-state index contributed by atoms with van der Waals surface area (Å²) >= 11 is 0. The molecule has 1 saturated heterocycles. The Hall–Kier alpha value is -1.82. The van der Waals surface area contributed by atoms with Crippen LogP contribution in [0, 0.1) is 0 Å². The second-order valence-electron chi connectivity index (χ2n) is 5.32. The molecule has 20 heavy (non-hydrogen) atoms. The Kier molecular flexibility index (Phi) is 4.01. The van der Waals surface area contributed by atoms with E-state index in [1.165, 1.54) is 0 Å². The minimum Gasteiger partial charge on any atom is -0.376 e. The highest BCUT2D eigenvalue weighted by molar-refractivity contribution is 5.89. The largest absolute Gasteiger partial charge is 0.376 e. The highest BCUT2D eigenvalue weighted by atomic mass is 16.5. The molecule has 0 aromatic carbocycles. The molecule has 0 bridgehead atoms. The maximum atomic E-state index is 11.6. The van der Waals surface area contributed by atoms with Crippen LogP contribution in [0.3, 0.4) is 0 Å². The zero-order chi connectivity index (χ0) is 13.8. The fraction of sp³-hybridized carbons (Fsp3) is 0.571. The smallest absolute Gasteiger partial charge is 0.319 e. The normalized spacial score (nSPS) is 21.5. The summed E-state index contributed by atoms with van der Waals surface area (Å²) in [6.45, 7) is 1.64. The molecule has 1 saturated carbocycles. The van der Waals surface area contributed by atoms with Crippen molar-refractivity contribution < 1.29 is 9.53 Å². The summed E-state index contributed by atoms with van der Waals surface area (Å²) in [5.74, 6) is 0.800. The lowest BCUT2D eigenvalue weighted by Gasteiger charge is -2.11. The number of hydrogen-bond acceptors (Lipinski definition) is 4. The monoisotopic (exact) mass is 276 g/mol. The predicted octanol–water partition coefficient (Wildman–Crippen LogP) is 1.96. The van der Waals surface area contributed by atoms with Gasteiger partial charge >= 0.3 is 6.03 Å². The first-order valence-electron chi connectivity index (χ1n) is 7.18. The molecule has 0 radical (unpaired) electrons. The Labute approximate surface area is 118 Å². The summed E-state index contributed by atoms with van der Waals surface area (Å²) in [6, 6.07) is 3.91. The summed E-state index contributed by atoms with van der Waals surface area (Å²) in [5, 5.41) is 8.89. The standard InChI is InChI=1S/C14H20N4O2/c19-14(17-10-3-4-10)18-11-5-6-13(15-8-11)16-9-12-2-1-7-20-12/h5-6,8,10,12H,1-4,7,9H2,(H,15,16)(H2,17,18,19). The number of carbonyl (C=O) groups is 1. The van der Waals surface area contributed by atoms with Crippen LogP contribution >= 0.6 is 0 Å². The van der Waals surface area contributed by atoms with Crippen molar-refractivity contribution in [1.29, 1.82) is 0 Å². The Morgan fingerprint density at radius 1 is 1.35 bits per heavy atom. The second kappa shape index (κ2) is 6.09. The molecule has 6 nitrogen and oxygen atoms in total. The SMILES string of the molecule is O=C(Nc1ccc(NCC2CCCO2)nc1)NC1CC1. The van der Waals surface area contributed by atoms with Gasteiger partial charge in [0, 0.05) is 19.2 Å². The van der Waals surface area contributed by atoms with Crippen molar-refractivity contribution in [2.75, 3.05) is 23.8 Å². The topological polar surface area (TPSA) is 75.3 Å². The molecule has 2 aliphatic rings. The highest BCUT2D eigenvalue weighted by Crippen LogP contribution is 2.19. The average Bonchev–Trinajstić information content (AvgIpc) is 3.10. The molecular formula is C14H20N4O2. The van der Waals surface area contributed by atoms with Crippen molar-refractivity contribution >= 4 is 17.5 Å². The van der Waals surface area contributed by atoms with E-state index in [0.29, 0.717) is 17.8 Å². The molecule has 3 rings (SSSR count). The van der Waals surface area contributed by atoms with Crippen LogP contribution in [0.1, 0.15) is 25.7 Å². The van der Waals surface area contributed by atoms with Gasteiger partial charge in [-0.25, -0.2) is 9.78 Å². The van der Waals surface area contributed by atoms with Crippen LogP contribution in [0.15, 0.2) is 18.3 Å². The number of ether oxygens (including phenoxy) is 1. The van der Waals surface area contributed by atoms with Gasteiger partial charge in [-0.1, -0.05) is 0 Å². The molecule has 1 atom stereocenters. The number of nitrogens with one attached hydrogen (secondary N) is 3. The Morgan fingerprint density at radius 2 is 2.25 bits per heavy atom. The third kappa shape index (κ3) is 3.84. The minimum absolute atomic E-state index is 0.158. The molecule has 1 aliphatic carbocycles. The van der Waals surface area contributed by atoms with E-state index in [2.05, 4.69) is 20.9 Å². The van der Waals surface area contributed by atoms with E-state index >= 15 is 0 Å². The highest BCUT2D eigenvalue weighted by Gasteiger charge is 2.23. The minimum atomic E-state index is -0.158. The van der Waals surface area contributed by atoms with Gasteiger partial charge in [-0.3, -0.25) is 0 Å². The lowest BCUT2D eigenvalue weighted by Crippen LogP contribution is -2.30. The van der Waals surface area contributed by atoms with E-state index in [1.807, 2.05) is 12.1 Å². The van der Waals surface area contributed by atoms with Crippen LogP contribution in [-0.2, 0) is 4.74 Å². The molecule has 108 valence electrons. The fourth-order valence-electron chi connectivity index (χ4n) is 2.18. The second-order valence-corrected chi connectivity index (χ2v) is 5.32. The summed E-state index contributed by atoms with van der Waals surface area (Å²) < 4.78 is 5.54. The van der Waals surface area contributed by atoms with E-state index < -0.39 is 0 Å². The first-order chi connectivity index (χ1) is 9.79. The quantitative estimate of drug-likeness (QED) is 0.768. The van der Waals surface area contributed by atoms with Crippen LogP contribution < -0.4 is 16.0 Å². The number of amides is 2. The number of pyridine rings is 1. The zero-order valence-electron chi connectivity index (χ0n) is 11.4. The van der Waals surface area contributed by atoms with Gasteiger partial charge in [0.15, 0.2) is 0 Å². The van der Waals surface area contributed by atoms with E-state index in [1.54, 1.807) is 6.20 Å². The summed E-state index contributed by atoms with van der Waals surface area (Å²) in [6.07, 6.45) is 6.35. The van der Waals surface area contributed by atoms with Gasteiger partial charge in [-0.05, 0) is 37.8 Å². The molecule has 1 aliphatic heterocycles. The fourth-order valence-corrected chi connectivity index (χ4v) is 2.18. The van der Waals surface area contributed by atoms with Crippen molar-refractivity contribution in [3.05, 3.63) is 18.3 Å². The van der Waals surface area contributed by atoms with Crippen LogP contribution in [0.4, 0.5) is 16.3 Å². The van der Waals surface area contributed by atoms with Crippen LogP contribution in [0.5, 0.6) is 0 Å². The number of aromatic nitrogens is 1. The Balaban J connectivity index is 1.44. The molecule has 1 unspecified atom stereocenters. The lowest BCUT2D eigenvalue weighted by atomic mass is 10.2. The first kappa shape index (κ1) is 13.2. The van der Waals surface area contributed by atoms with Crippen molar-refractivity contribution in [3.63, 3.8) is 0 Å². The number of urea groups is 1. The molecule has 1 aromatic rings. The third-order valence-corrected chi connectivity index (χ3v) is 3.47. The number of anilines is 2. The lowest BCUT2D eigenvalue weighted by molar-refractivity contribution is 0.120. The Morgan fingerprint density at radius 3 is 2.90 bits per heavy atom. The van der Waals surface area contributed by atoms with E-state index in [0.717, 1.165) is 44.7 Å². The molecule has 2 amide bonds. The van der Waals surface area contributed by atoms with Gasteiger partial charge in [-0.2, -0.15) is 0 Å². The number of rotatable bonds is 5. The molecular weight excluding hydrogens is 256 g/mol. The Bertz CT molecular complexity index is 453. The summed E-state index contributed by atoms with van der Waals surface area (Å²) in [5.41, 5.74) is 0.700. The molecule has 6 heteroatoms. The molecule has 2 fully saturated rings. The van der Waals surface area contributed by atoms with Crippen molar-refractivity contribution in [2.24, 2.45) is 0 Å². The zero-order valence-corrected chi connectivity index (χ0v) is 11.4. The van der Waals surface area contributed by atoms with Crippen molar-refractivity contribution in [1.82, 2.24) is 10.3 Å². The van der Waals surface area contributed by atoms with Crippen LogP contribution in [0.25, 0.3) is 0 Å². The van der Waals surface area contributed by atoms with Crippen molar-refractivity contribution in [3.8, 4) is 0 Å². The average molecular weight is 276 g/mol. The van der Waals surface area contributed by atoms with Gasteiger partial charge in [0.1, 0.15) is 5.82 Å². The maximum Gasteiger partial charge on any atom is 0.319 e. The van der Waals surface area contributed by atoms with Gasteiger partial charge in [0.25, 0.3) is 0 Å². The van der Waals surface area contributed by atoms with Gasteiger partial charge in [0.2, 0.25) is 0 Å². The van der Waals surface area contributed by atoms with Gasteiger partial charge in [-0.15, -0.1) is 0 Å². The third-order valence-electron chi connectivity index (χ3n) is 3.47. The molecule has 0 spiro atoms. The maximum absolute atomic E-state index is 11.6. The molecule has 2 heterocycles. The van der Waals surface area contributed by atoms with Gasteiger partial charge < -0.3 is 20.7 Å². The number of hydrogen-bond donors (Lipinski definition) is 3. The summed E-state index contributed by atoms with van der Waals surface area (Å²) in [4.78, 5) is 15.8. The molecule has 1 aromatic heterocycles. The van der Waals surface area contributed by atoms with Crippen molar-refractivity contribution in [2.45, 2.75) is 37.8 Å². The van der Waals surface area contributed by atoms with Gasteiger partial charge in [0.05, 0.1) is 18.0 Å². The summed E-state index contributed by atoms with van der Waals surface area (Å²) in [7, 11) is 0. The van der Waals surface area contributed by atoms with E-state index in [9.17, 15) is 4.79 Å². The van der Waals surface area contributed by atoms with Crippen LogP contribution in [-0.4, -0.2) is 36.3 Å². The predicted molar refractivity (Wildman–Crippen MR) is 76.9 cm³/mol. The first-order valence-corrected chi connectivity index (χ1v) is 7.18. The number of carbonyl (C=O) groups excluding carboxylic acids is 1. The molecule has 3 N–H and O–H groups in total.